The lowest BCUT2D eigenvalue weighted by atomic mass is 10.5. The topological polar surface area (TPSA) is 78.7 Å². The maximum Gasteiger partial charge on any atom is 0.316 e. The molecule has 0 aromatic carbocycles. The van der Waals surface area contributed by atoms with E-state index in [1.54, 1.807) is 37.0 Å². The summed E-state index contributed by atoms with van der Waals surface area (Å²) >= 11 is 0. The number of hydrogen-bond donors (Lipinski definition) is 1. The average molecular weight is 205 g/mol. The number of nitrogens with two attached hydrogens (primary N) is 1. The number of rotatable bonds is 1. The predicted octanol–water partition coefficient (Wildman–Crippen LogP) is 0.196. The summed E-state index contributed by atoms with van der Waals surface area (Å²) in [6, 6.07) is 1.64. The second-order valence-electron chi connectivity index (χ2n) is 3.29. The van der Waals surface area contributed by atoms with E-state index in [0.29, 0.717) is 17.3 Å². The summed E-state index contributed by atoms with van der Waals surface area (Å²) in [6.45, 7) is 1.78. The van der Waals surface area contributed by atoms with Gasteiger partial charge in [0.2, 0.25) is 5.82 Å². The lowest BCUT2D eigenvalue weighted by Gasteiger charge is -2.01. The van der Waals surface area contributed by atoms with Crippen molar-refractivity contribution < 1.29 is 4.79 Å². The van der Waals surface area contributed by atoms with E-state index in [1.165, 1.54) is 0 Å². The minimum atomic E-state index is -0.326. The monoisotopic (exact) mass is 205 g/mol. The fourth-order valence-electron chi connectivity index (χ4n) is 1.35. The van der Waals surface area contributed by atoms with Crippen molar-refractivity contribution in [2.24, 2.45) is 7.05 Å². The molecule has 2 N–H and O–H groups in total. The van der Waals surface area contributed by atoms with Crippen LogP contribution in [0.1, 0.15) is 16.3 Å². The van der Waals surface area contributed by atoms with Crippen LogP contribution >= 0.6 is 0 Å². The van der Waals surface area contributed by atoms with Gasteiger partial charge in [-0.15, -0.1) is 0 Å². The minimum absolute atomic E-state index is 0.310. The molecule has 0 atom stereocenters. The van der Waals surface area contributed by atoms with E-state index in [-0.39, 0.29) is 5.91 Å². The van der Waals surface area contributed by atoms with Crippen LogP contribution in [0.5, 0.6) is 0 Å². The van der Waals surface area contributed by atoms with Gasteiger partial charge in [-0.3, -0.25) is 4.79 Å². The van der Waals surface area contributed by atoms with Gasteiger partial charge in [0, 0.05) is 25.5 Å². The van der Waals surface area contributed by atoms with Crippen LogP contribution in [0, 0.1) is 6.92 Å². The van der Waals surface area contributed by atoms with Gasteiger partial charge in [0.15, 0.2) is 0 Å². The lowest BCUT2D eigenvalue weighted by Crippen LogP contribution is -2.19. The number of hydrogen-bond acceptors (Lipinski definition) is 4. The van der Waals surface area contributed by atoms with Crippen molar-refractivity contribution in [3.8, 4) is 0 Å². The number of anilines is 1. The van der Waals surface area contributed by atoms with Crippen LogP contribution in [0.4, 0.5) is 5.82 Å². The second-order valence-corrected chi connectivity index (χ2v) is 3.29. The van der Waals surface area contributed by atoms with Gasteiger partial charge < -0.3 is 10.3 Å². The van der Waals surface area contributed by atoms with E-state index in [2.05, 4.69) is 10.1 Å². The Labute approximate surface area is 86.3 Å². The molecule has 2 aromatic rings. The first-order valence-corrected chi connectivity index (χ1v) is 4.44. The molecule has 0 saturated carbocycles. The Morgan fingerprint density at radius 1 is 1.53 bits per heavy atom. The molecular formula is C9H11N5O. The summed E-state index contributed by atoms with van der Waals surface area (Å²) in [5.74, 6) is 0.304. The fraction of sp³-hybridized carbons (Fsp3) is 0.222. The summed E-state index contributed by atoms with van der Waals surface area (Å²) < 4.78 is 2.77. The van der Waals surface area contributed by atoms with Crippen LogP contribution in [0.25, 0.3) is 0 Å². The minimum Gasteiger partial charge on any atom is -0.383 e. The van der Waals surface area contributed by atoms with Crippen molar-refractivity contribution in [3.05, 3.63) is 30.0 Å². The highest BCUT2D eigenvalue weighted by Crippen LogP contribution is 2.07. The molecule has 0 radical (unpaired) electrons. The van der Waals surface area contributed by atoms with Crippen LogP contribution in [-0.2, 0) is 7.05 Å². The van der Waals surface area contributed by atoms with E-state index in [0.717, 1.165) is 4.68 Å². The molecule has 0 spiro atoms. The van der Waals surface area contributed by atoms with E-state index >= 15 is 0 Å². The van der Waals surface area contributed by atoms with Crippen molar-refractivity contribution in [3.63, 3.8) is 0 Å². The van der Waals surface area contributed by atoms with Crippen molar-refractivity contribution >= 4 is 11.7 Å². The molecule has 0 saturated heterocycles. The SMILES string of the molecule is Cc1cc(N)n(C(=O)c2nccn2C)n1. The number of carbonyl (C=O) groups excluding carboxylic acids is 1. The Kier molecular flexibility index (Phi) is 2.03. The molecule has 0 aliphatic rings. The molecule has 0 amide bonds. The molecule has 15 heavy (non-hydrogen) atoms. The average Bonchev–Trinajstić information content (AvgIpc) is 2.71. The Morgan fingerprint density at radius 3 is 2.73 bits per heavy atom. The summed E-state index contributed by atoms with van der Waals surface area (Å²) in [7, 11) is 1.74. The highest BCUT2D eigenvalue weighted by atomic mass is 16.2. The molecule has 0 bridgehead atoms. The Hall–Kier alpha value is -2.11. The number of nitrogens with zero attached hydrogens (tertiary/aromatic N) is 4. The van der Waals surface area contributed by atoms with E-state index in [1.807, 2.05) is 0 Å². The van der Waals surface area contributed by atoms with E-state index in [4.69, 9.17) is 5.73 Å². The van der Waals surface area contributed by atoms with Crippen LogP contribution in [0.3, 0.4) is 0 Å². The molecule has 0 aliphatic heterocycles. The number of aromatic nitrogens is 4. The normalized spacial score (nSPS) is 10.5. The zero-order valence-electron chi connectivity index (χ0n) is 8.51. The van der Waals surface area contributed by atoms with Crippen molar-refractivity contribution in [1.82, 2.24) is 19.3 Å². The van der Waals surface area contributed by atoms with Crippen LogP contribution in [0.2, 0.25) is 0 Å². The van der Waals surface area contributed by atoms with Crippen molar-refractivity contribution in [2.75, 3.05) is 5.73 Å². The smallest absolute Gasteiger partial charge is 0.316 e. The highest BCUT2D eigenvalue weighted by Gasteiger charge is 2.16. The first-order chi connectivity index (χ1) is 7.09. The summed E-state index contributed by atoms with van der Waals surface area (Å²) in [4.78, 5) is 15.8. The number of carbonyl (C=O) groups is 1. The maximum atomic E-state index is 11.9. The molecule has 6 heteroatoms. The number of imidazole rings is 1. The summed E-state index contributed by atoms with van der Waals surface area (Å²) in [5, 5.41) is 4.00. The Balaban J connectivity index is 2.45. The van der Waals surface area contributed by atoms with Gasteiger partial charge >= 0.3 is 5.91 Å². The first kappa shape index (κ1) is 9.45. The third-order valence-corrected chi connectivity index (χ3v) is 2.06. The molecule has 0 unspecified atom stereocenters. The number of nitrogen functional groups attached to an aromatic ring is 1. The van der Waals surface area contributed by atoms with Gasteiger partial charge in [-0.1, -0.05) is 0 Å². The zero-order chi connectivity index (χ0) is 11.0. The zero-order valence-corrected chi connectivity index (χ0v) is 8.51. The highest BCUT2D eigenvalue weighted by molar-refractivity contribution is 5.93. The first-order valence-electron chi connectivity index (χ1n) is 4.44. The predicted molar refractivity (Wildman–Crippen MR) is 54.3 cm³/mol. The van der Waals surface area contributed by atoms with Gasteiger partial charge in [0.1, 0.15) is 5.82 Å². The second kappa shape index (κ2) is 3.23. The maximum absolute atomic E-state index is 11.9. The quantitative estimate of drug-likeness (QED) is 0.721. The van der Waals surface area contributed by atoms with Gasteiger partial charge in [-0.05, 0) is 6.92 Å². The van der Waals surface area contributed by atoms with Gasteiger partial charge in [-0.2, -0.15) is 9.78 Å². The molecule has 2 aromatic heterocycles. The van der Waals surface area contributed by atoms with Gasteiger partial charge in [0.25, 0.3) is 0 Å². The summed E-state index contributed by atoms with van der Waals surface area (Å²) in [5.41, 5.74) is 6.34. The summed E-state index contributed by atoms with van der Waals surface area (Å²) in [6.07, 6.45) is 3.25. The molecule has 78 valence electrons. The number of aryl methyl sites for hydroxylation is 2. The molecule has 0 fully saturated rings. The fourth-order valence-corrected chi connectivity index (χ4v) is 1.35. The lowest BCUT2D eigenvalue weighted by molar-refractivity contribution is 0.0934. The van der Waals surface area contributed by atoms with Gasteiger partial charge in [0.05, 0.1) is 5.69 Å². The van der Waals surface area contributed by atoms with Crippen LogP contribution < -0.4 is 5.73 Å². The molecule has 2 heterocycles. The molecule has 2 rings (SSSR count). The molecule has 0 aliphatic carbocycles. The Bertz CT molecular complexity index is 510. The van der Waals surface area contributed by atoms with Crippen molar-refractivity contribution in [1.29, 1.82) is 0 Å². The third kappa shape index (κ3) is 1.50. The molecular weight excluding hydrogens is 194 g/mol. The van der Waals surface area contributed by atoms with Crippen LogP contribution in [-0.4, -0.2) is 25.2 Å². The Morgan fingerprint density at radius 2 is 2.27 bits per heavy atom. The largest absolute Gasteiger partial charge is 0.383 e. The van der Waals surface area contributed by atoms with E-state index < -0.39 is 0 Å². The van der Waals surface area contributed by atoms with Gasteiger partial charge in [-0.25, -0.2) is 4.98 Å². The molecule has 6 nitrogen and oxygen atoms in total. The van der Waals surface area contributed by atoms with E-state index in [9.17, 15) is 4.79 Å². The third-order valence-electron chi connectivity index (χ3n) is 2.06. The van der Waals surface area contributed by atoms with Crippen molar-refractivity contribution in [2.45, 2.75) is 6.92 Å². The van der Waals surface area contributed by atoms with Crippen LogP contribution in [0.15, 0.2) is 18.5 Å². The standard InChI is InChI=1S/C9H11N5O/c1-6-5-7(10)14(12-6)9(15)8-11-3-4-13(8)2/h3-5H,10H2,1-2H3.